The molecule has 1 aromatic carbocycles. The highest BCUT2D eigenvalue weighted by molar-refractivity contribution is 5.97. The van der Waals surface area contributed by atoms with Crippen LogP contribution in [-0.2, 0) is 4.79 Å². The van der Waals surface area contributed by atoms with Gasteiger partial charge in [-0.3, -0.25) is 0 Å². The number of phenols is 1. The van der Waals surface area contributed by atoms with E-state index in [-0.39, 0.29) is 17.9 Å². The SMILES string of the molecule is CC[C@@H](C)/C=C(C)/C=C/C=C\C(O)=C1C(=O)[NH+](O)CC(c2ccc(O)cc2)=C1[O-]. The summed E-state index contributed by atoms with van der Waals surface area (Å²) in [6.45, 7) is 5.97. The van der Waals surface area contributed by atoms with Crippen molar-refractivity contribution in [1.29, 1.82) is 0 Å². The maximum atomic E-state index is 12.8. The first-order valence-corrected chi connectivity index (χ1v) is 9.50. The van der Waals surface area contributed by atoms with Gasteiger partial charge in [-0.05, 0) is 36.6 Å². The lowest BCUT2D eigenvalue weighted by Gasteiger charge is -2.27. The number of nitrogens with one attached hydrogen (secondary N) is 1. The average molecular weight is 397 g/mol. The quantitative estimate of drug-likeness (QED) is 0.255. The third-order valence-corrected chi connectivity index (χ3v) is 4.72. The third-order valence-electron chi connectivity index (χ3n) is 4.72. The van der Waals surface area contributed by atoms with E-state index in [1.54, 1.807) is 6.08 Å². The Morgan fingerprint density at radius 3 is 2.48 bits per heavy atom. The number of aliphatic hydroxyl groups excluding tert-OH is 1. The van der Waals surface area contributed by atoms with Crippen molar-refractivity contribution in [2.24, 2.45) is 5.92 Å². The molecule has 1 aliphatic rings. The van der Waals surface area contributed by atoms with Crippen molar-refractivity contribution in [1.82, 2.24) is 0 Å². The minimum atomic E-state index is -0.878. The lowest BCUT2D eigenvalue weighted by molar-refractivity contribution is -1.01. The van der Waals surface area contributed by atoms with E-state index < -0.39 is 28.1 Å². The number of aromatic hydroxyl groups is 1. The van der Waals surface area contributed by atoms with Gasteiger partial charge in [0.15, 0.2) is 0 Å². The molecular weight excluding hydrogens is 370 g/mol. The number of phenolic OH excluding ortho intramolecular Hbond substituents is 1. The molecule has 1 aromatic rings. The Morgan fingerprint density at radius 1 is 1.24 bits per heavy atom. The Hall–Kier alpha value is -3.09. The first-order chi connectivity index (χ1) is 13.7. The molecule has 4 N–H and O–H groups in total. The van der Waals surface area contributed by atoms with Crippen LogP contribution >= 0.6 is 0 Å². The van der Waals surface area contributed by atoms with Gasteiger partial charge in [-0.25, -0.2) is 10.0 Å². The van der Waals surface area contributed by atoms with Gasteiger partial charge in [0.2, 0.25) is 0 Å². The molecule has 0 saturated carbocycles. The molecule has 2 rings (SSSR count). The van der Waals surface area contributed by atoms with E-state index in [2.05, 4.69) is 19.9 Å². The van der Waals surface area contributed by atoms with Crippen LogP contribution in [0.4, 0.5) is 0 Å². The van der Waals surface area contributed by atoms with Crippen LogP contribution in [0.3, 0.4) is 0 Å². The maximum absolute atomic E-state index is 12.8. The van der Waals surface area contributed by atoms with E-state index >= 15 is 0 Å². The molecule has 0 aliphatic carbocycles. The lowest BCUT2D eigenvalue weighted by atomic mass is 9.96. The summed E-state index contributed by atoms with van der Waals surface area (Å²) < 4.78 is 0. The topological polar surface area (TPSA) is 105 Å². The maximum Gasteiger partial charge on any atom is 0.379 e. The van der Waals surface area contributed by atoms with Crippen molar-refractivity contribution in [3.05, 3.63) is 82.9 Å². The largest absolute Gasteiger partial charge is 0.871 e. The Balaban J connectivity index is 2.34. The van der Waals surface area contributed by atoms with E-state index in [1.807, 2.05) is 13.0 Å². The number of amides is 1. The van der Waals surface area contributed by atoms with Crippen molar-refractivity contribution in [2.45, 2.75) is 27.2 Å². The number of hydrogen-bond acceptors (Lipinski definition) is 5. The second-order valence-corrected chi connectivity index (χ2v) is 7.08. The molecular formula is C23H27NO5. The Bertz CT molecular complexity index is 904. The lowest BCUT2D eigenvalue weighted by Crippen LogP contribution is -3.13. The highest BCUT2D eigenvalue weighted by atomic mass is 16.5. The summed E-state index contributed by atoms with van der Waals surface area (Å²) in [5.41, 5.74) is 1.25. The summed E-state index contributed by atoms with van der Waals surface area (Å²) in [5, 5.41) is 42.0. The molecule has 6 heteroatoms. The van der Waals surface area contributed by atoms with Crippen LogP contribution in [0.5, 0.6) is 5.75 Å². The molecule has 6 nitrogen and oxygen atoms in total. The van der Waals surface area contributed by atoms with Gasteiger partial charge in [0.25, 0.3) is 0 Å². The van der Waals surface area contributed by atoms with Gasteiger partial charge in [-0.15, -0.1) is 5.06 Å². The van der Waals surface area contributed by atoms with Gasteiger partial charge < -0.3 is 15.3 Å². The molecule has 0 spiro atoms. The van der Waals surface area contributed by atoms with Crippen molar-refractivity contribution in [3.63, 3.8) is 0 Å². The first kappa shape index (κ1) is 22.2. The van der Waals surface area contributed by atoms with Crippen LogP contribution in [0.15, 0.2) is 77.3 Å². The number of hydroxylamine groups is 2. The van der Waals surface area contributed by atoms with Crippen LogP contribution in [0, 0.1) is 5.92 Å². The molecule has 1 unspecified atom stereocenters. The Kier molecular flexibility index (Phi) is 7.59. The van der Waals surface area contributed by atoms with E-state index in [4.69, 9.17) is 0 Å². The molecule has 29 heavy (non-hydrogen) atoms. The first-order valence-electron chi connectivity index (χ1n) is 9.50. The van der Waals surface area contributed by atoms with Crippen molar-refractivity contribution < 1.29 is 30.4 Å². The number of rotatable bonds is 6. The van der Waals surface area contributed by atoms with Gasteiger partial charge in [-0.2, -0.15) is 0 Å². The van der Waals surface area contributed by atoms with Crippen molar-refractivity contribution in [2.75, 3.05) is 6.54 Å². The van der Waals surface area contributed by atoms with Gasteiger partial charge in [0.1, 0.15) is 23.6 Å². The molecule has 0 saturated heterocycles. The number of carbonyl (C=O) groups is 1. The summed E-state index contributed by atoms with van der Waals surface area (Å²) in [6.07, 6.45) is 9.52. The molecule has 1 aliphatic heterocycles. The fourth-order valence-corrected chi connectivity index (χ4v) is 2.91. The molecule has 2 atom stereocenters. The molecule has 1 heterocycles. The molecule has 154 valence electrons. The highest BCUT2D eigenvalue weighted by Gasteiger charge is 2.33. The zero-order valence-corrected chi connectivity index (χ0v) is 16.8. The molecule has 0 aromatic heterocycles. The standard InChI is InChI=1S/C23H27NO5/c1-4-15(2)13-16(3)7-5-6-8-20(26)21-22(27)19(14-24(29)23(21)28)17-9-11-18(25)12-10-17/h5-13,15,25-27,29H,4,14H2,1-3H3/b7-5+,8-6-,16-13+,21-20?/t15-/m1/s1. The van der Waals surface area contributed by atoms with E-state index in [1.165, 1.54) is 36.4 Å². The van der Waals surface area contributed by atoms with Crippen LogP contribution in [-0.4, -0.2) is 27.9 Å². The number of benzene rings is 1. The molecule has 0 fully saturated rings. The number of aliphatic hydroxyl groups is 1. The zero-order chi connectivity index (χ0) is 21.6. The Morgan fingerprint density at radius 2 is 1.86 bits per heavy atom. The van der Waals surface area contributed by atoms with E-state index in [9.17, 15) is 25.3 Å². The fraction of sp³-hybridized carbons (Fsp3) is 0.261. The summed E-state index contributed by atoms with van der Waals surface area (Å²) in [5.74, 6) is -1.53. The summed E-state index contributed by atoms with van der Waals surface area (Å²) in [4.78, 5) is 12.3. The van der Waals surface area contributed by atoms with Gasteiger partial charge in [-0.1, -0.05) is 68.0 Å². The summed E-state index contributed by atoms with van der Waals surface area (Å²) in [7, 11) is 0. The molecule has 1 amide bonds. The predicted molar refractivity (Wildman–Crippen MR) is 109 cm³/mol. The van der Waals surface area contributed by atoms with E-state index in [0.717, 1.165) is 12.0 Å². The monoisotopic (exact) mass is 397 g/mol. The van der Waals surface area contributed by atoms with Crippen molar-refractivity contribution in [3.8, 4) is 5.75 Å². The number of quaternary nitrogens is 1. The number of carbonyl (C=O) groups excluding carboxylic acids is 1. The van der Waals surface area contributed by atoms with Gasteiger partial charge in [0, 0.05) is 5.57 Å². The Labute approximate surface area is 170 Å². The van der Waals surface area contributed by atoms with Crippen LogP contribution in [0.25, 0.3) is 5.57 Å². The molecule has 0 radical (unpaired) electrons. The van der Waals surface area contributed by atoms with Crippen LogP contribution in [0.2, 0.25) is 0 Å². The number of allylic oxidation sites excluding steroid dienone is 6. The van der Waals surface area contributed by atoms with Gasteiger partial charge >= 0.3 is 5.91 Å². The predicted octanol–water partition coefficient (Wildman–Crippen LogP) is 2.19. The normalized spacial score (nSPS) is 21.3. The zero-order valence-electron chi connectivity index (χ0n) is 16.8. The second-order valence-electron chi connectivity index (χ2n) is 7.08. The summed E-state index contributed by atoms with van der Waals surface area (Å²) in [6, 6.07) is 5.86. The third kappa shape index (κ3) is 5.70. The second kappa shape index (κ2) is 9.91. The van der Waals surface area contributed by atoms with Gasteiger partial charge in [0.05, 0.1) is 0 Å². The van der Waals surface area contributed by atoms with Crippen LogP contribution in [0.1, 0.15) is 32.8 Å². The van der Waals surface area contributed by atoms with Crippen molar-refractivity contribution >= 4 is 11.5 Å². The average Bonchev–Trinajstić information content (AvgIpc) is 2.69. The number of hydrogen-bond donors (Lipinski definition) is 4. The summed E-state index contributed by atoms with van der Waals surface area (Å²) >= 11 is 0. The highest BCUT2D eigenvalue weighted by Crippen LogP contribution is 2.25. The molecule has 0 bridgehead atoms. The fourth-order valence-electron chi connectivity index (χ4n) is 2.91. The minimum absolute atomic E-state index is 0.0351. The van der Waals surface area contributed by atoms with Crippen LogP contribution < -0.4 is 10.2 Å². The van der Waals surface area contributed by atoms with E-state index in [0.29, 0.717) is 11.5 Å². The smallest absolute Gasteiger partial charge is 0.379 e. The minimum Gasteiger partial charge on any atom is -0.871 e.